The van der Waals surface area contributed by atoms with Crippen molar-refractivity contribution in [1.29, 1.82) is 0 Å². The smallest absolute Gasteiger partial charge is 0.330 e. The molecule has 0 aliphatic carbocycles. The van der Waals surface area contributed by atoms with Gasteiger partial charge in [-0.2, -0.15) is 0 Å². The summed E-state index contributed by atoms with van der Waals surface area (Å²) in [7, 11) is 0. The molecule has 0 amide bonds. The second-order valence-electron chi connectivity index (χ2n) is 14.6. The minimum atomic E-state index is -0.152. The van der Waals surface area contributed by atoms with Crippen LogP contribution in [-0.2, 0) is 19.1 Å². The van der Waals surface area contributed by atoms with Gasteiger partial charge in [-0.1, -0.05) is 142 Å². The van der Waals surface area contributed by atoms with Crippen molar-refractivity contribution < 1.29 is 24.2 Å². The third-order valence-electron chi connectivity index (χ3n) is 9.69. The Kier molecular flexibility index (Phi) is 37.3. The lowest BCUT2D eigenvalue weighted by Gasteiger charge is -2.21. The molecule has 294 valence electrons. The zero-order valence-electron chi connectivity index (χ0n) is 33.7. The summed E-state index contributed by atoms with van der Waals surface area (Å²) in [4.78, 5) is 27.1. The fraction of sp³-hybridized carbons (Fsp3) is 0.864. The minimum Gasteiger partial charge on any atom is -0.463 e. The van der Waals surface area contributed by atoms with Crippen LogP contribution in [0.5, 0.6) is 0 Å². The Bertz CT molecular complexity index is 759. The molecule has 50 heavy (non-hydrogen) atoms. The standard InChI is InChI=1S/C44H83NO5/c1-5-9-13-23-31-41(29-11-7-3)39-43(47)49-37-27-21-17-15-19-25-33-45(35-36-46)34-26-20-16-18-22-28-38-50-44(48)40-42(30-12-8-4)32-24-14-10-6-2/h39-40,46H,5-38H2,1-4H3/b41-39+,42-40?. The molecule has 1 N–H and O–H groups in total. The number of rotatable bonds is 38. The van der Waals surface area contributed by atoms with Gasteiger partial charge in [-0.3, -0.25) is 0 Å². The van der Waals surface area contributed by atoms with E-state index in [1.165, 1.54) is 114 Å². The average Bonchev–Trinajstić information content (AvgIpc) is 3.11. The van der Waals surface area contributed by atoms with Gasteiger partial charge in [0.1, 0.15) is 0 Å². The Balaban J connectivity index is 3.94. The number of aliphatic hydroxyl groups is 1. The van der Waals surface area contributed by atoms with Crippen LogP contribution in [0.25, 0.3) is 0 Å². The van der Waals surface area contributed by atoms with Crippen LogP contribution in [0, 0.1) is 0 Å². The Hall–Kier alpha value is -1.66. The van der Waals surface area contributed by atoms with Gasteiger partial charge in [0.05, 0.1) is 19.8 Å². The molecule has 0 unspecified atom stereocenters. The van der Waals surface area contributed by atoms with E-state index in [4.69, 9.17) is 9.47 Å². The minimum absolute atomic E-state index is 0.152. The topological polar surface area (TPSA) is 76.1 Å². The lowest BCUT2D eigenvalue weighted by atomic mass is 10.0. The summed E-state index contributed by atoms with van der Waals surface area (Å²) in [5, 5.41) is 9.53. The zero-order valence-corrected chi connectivity index (χ0v) is 33.7. The molecule has 0 spiro atoms. The highest BCUT2D eigenvalue weighted by molar-refractivity contribution is 5.83. The fourth-order valence-corrected chi connectivity index (χ4v) is 6.43. The summed E-state index contributed by atoms with van der Waals surface area (Å²) in [6, 6.07) is 0. The van der Waals surface area contributed by atoms with Crippen molar-refractivity contribution in [3.05, 3.63) is 23.3 Å². The van der Waals surface area contributed by atoms with Crippen LogP contribution in [0.4, 0.5) is 0 Å². The first kappa shape index (κ1) is 48.3. The number of hydrogen-bond acceptors (Lipinski definition) is 6. The molecule has 0 radical (unpaired) electrons. The fourth-order valence-electron chi connectivity index (χ4n) is 6.43. The van der Waals surface area contributed by atoms with Gasteiger partial charge < -0.3 is 19.5 Å². The summed E-state index contributed by atoms with van der Waals surface area (Å²) in [6.45, 7) is 13.0. The lowest BCUT2D eigenvalue weighted by molar-refractivity contribution is -0.138. The number of unbranched alkanes of at least 4 members (excludes halogenated alkanes) is 18. The van der Waals surface area contributed by atoms with E-state index in [0.717, 1.165) is 96.7 Å². The summed E-state index contributed by atoms with van der Waals surface area (Å²) in [5.74, 6) is -0.303. The molecule has 0 heterocycles. The van der Waals surface area contributed by atoms with E-state index in [-0.39, 0.29) is 18.5 Å². The number of nitrogens with zero attached hydrogens (tertiary/aromatic N) is 1. The van der Waals surface area contributed by atoms with Crippen LogP contribution >= 0.6 is 0 Å². The highest BCUT2D eigenvalue weighted by Gasteiger charge is 2.07. The van der Waals surface area contributed by atoms with Crippen LogP contribution < -0.4 is 0 Å². The molecule has 0 bridgehead atoms. The second kappa shape index (κ2) is 38.6. The number of carbonyl (C=O) groups excluding carboxylic acids is 2. The van der Waals surface area contributed by atoms with Crippen molar-refractivity contribution in [3.8, 4) is 0 Å². The van der Waals surface area contributed by atoms with Crippen molar-refractivity contribution >= 4 is 11.9 Å². The highest BCUT2D eigenvalue weighted by Crippen LogP contribution is 2.18. The van der Waals surface area contributed by atoms with Gasteiger partial charge in [0.2, 0.25) is 0 Å². The zero-order chi connectivity index (χ0) is 36.8. The first-order chi connectivity index (χ1) is 24.5. The second-order valence-corrected chi connectivity index (χ2v) is 14.6. The molecule has 0 rings (SSSR count). The van der Waals surface area contributed by atoms with Gasteiger partial charge in [0, 0.05) is 18.7 Å². The molecular weight excluding hydrogens is 622 g/mol. The normalized spacial score (nSPS) is 12.2. The first-order valence-corrected chi connectivity index (χ1v) is 21.6. The van der Waals surface area contributed by atoms with Gasteiger partial charge in [-0.15, -0.1) is 0 Å². The molecule has 0 aliphatic rings. The maximum Gasteiger partial charge on any atom is 0.330 e. The Labute approximate surface area is 310 Å². The first-order valence-electron chi connectivity index (χ1n) is 21.6. The van der Waals surface area contributed by atoms with Gasteiger partial charge >= 0.3 is 11.9 Å². The van der Waals surface area contributed by atoms with E-state index < -0.39 is 0 Å². The molecule has 6 nitrogen and oxygen atoms in total. The van der Waals surface area contributed by atoms with E-state index in [0.29, 0.717) is 13.2 Å². The molecule has 0 aromatic heterocycles. The third-order valence-corrected chi connectivity index (χ3v) is 9.69. The summed E-state index contributed by atoms with van der Waals surface area (Å²) in [5.41, 5.74) is 2.53. The van der Waals surface area contributed by atoms with Gasteiger partial charge in [-0.25, -0.2) is 9.59 Å². The van der Waals surface area contributed by atoms with Crippen LogP contribution in [0.15, 0.2) is 23.3 Å². The third kappa shape index (κ3) is 33.5. The van der Waals surface area contributed by atoms with E-state index >= 15 is 0 Å². The molecule has 0 aromatic rings. The number of allylic oxidation sites excluding steroid dienone is 2. The molecule has 0 aromatic carbocycles. The van der Waals surface area contributed by atoms with Gasteiger partial charge in [0.25, 0.3) is 0 Å². The molecule has 0 aliphatic heterocycles. The van der Waals surface area contributed by atoms with Crippen molar-refractivity contribution in [1.82, 2.24) is 4.90 Å². The predicted octanol–water partition coefficient (Wildman–Crippen LogP) is 12.2. The molecular formula is C44H83NO5. The Morgan fingerprint density at radius 1 is 0.440 bits per heavy atom. The van der Waals surface area contributed by atoms with E-state index in [1.54, 1.807) is 12.2 Å². The predicted molar refractivity (Wildman–Crippen MR) is 214 cm³/mol. The number of aliphatic hydroxyl groups excluding tert-OH is 1. The molecule has 6 heteroatoms. The molecule has 0 saturated heterocycles. The molecule has 0 atom stereocenters. The highest BCUT2D eigenvalue weighted by atomic mass is 16.5. The summed E-state index contributed by atoms with van der Waals surface area (Å²) < 4.78 is 11.0. The van der Waals surface area contributed by atoms with Crippen molar-refractivity contribution in [2.75, 3.05) is 39.5 Å². The average molecular weight is 706 g/mol. The monoisotopic (exact) mass is 706 g/mol. The molecule has 0 fully saturated rings. The van der Waals surface area contributed by atoms with Gasteiger partial charge in [-0.05, 0) is 90.1 Å². The number of ether oxygens (including phenoxy) is 2. The number of esters is 2. The summed E-state index contributed by atoms with van der Waals surface area (Å²) in [6.07, 6.45) is 35.8. The number of carbonyl (C=O) groups is 2. The summed E-state index contributed by atoms with van der Waals surface area (Å²) >= 11 is 0. The Morgan fingerprint density at radius 3 is 1.16 bits per heavy atom. The van der Waals surface area contributed by atoms with Crippen LogP contribution in [0.1, 0.15) is 207 Å². The van der Waals surface area contributed by atoms with Crippen molar-refractivity contribution in [3.63, 3.8) is 0 Å². The van der Waals surface area contributed by atoms with Crippen molar-refractivity contribution in [2.45, 2.75) is 207 Å². The van der Waals surface area contributed by atoms with E-state index in [9.17, 15) is 14.7 Å². The van der Waals surface area contributed by atoms with Gasteiger partial charge in [0.15, 0.2) is 0 Å². The SMILES string of the molecule is CCCCCCC(=CC(=O)OCCCCCCCCN(CCO)CCCCCCCCOC(=O)/C=C(\CCCC)CCCCCC)CCCC. The van der Waals surface area contributed by atoms with Crippen LogP contribution in [0.2, 0.25) is 0 Å². The van der Waals surface area contributed by atoms with Crippen LogP contribution in [-0.4, -0.2) is 61.4 Å². The van der Waals surface area contributed by atoms with E-state index in [2.05, 4.69) is 32.6 Å². The quantitative estimate of drug-likeness (QED) is 0.0391. The molecule has 0 saturated carbocycles. The van der Waals surface area contributed by atoms with Crippen LogP contribution in [0.3, 0.4) is 0 Å². The van der Waals surface area contributed by atoms with Crippen molar-refractivity contribution in [2.24, 2.45) is 0 Å². The van der Waals surface area contributed by atoms with E-state index in [1.807, 2.05) is 0 Å². The maximum atomic E-state index is 12.3. The largest absolute Gasteiger partial charge is 0.463 e. The number of hydrogen-bond donors (Lipinski definition) is 1. The maximum absolute atomic E-state index is 12.3. The lowest BCUT2D eigenvalue weighted by Crippen LogP contribution is -2.29. The Morgan fingerprint density at radius 2 is 0.780 bits per heavy atom.